The predicted octanol–water partition coefficient (Wildman–Crippen LogP) is 8.38. The maximum absolute atomic E-state index is 5.45. The maximum atomic E-state index is 5.45. The zero-order chi connectivity index (χ0) is 31.9. The van der Waals surface area contributed by atoms with E-state index >= 15 is 0 Å². The van der Waals surface area contributed by atoms with Gasteiger partial charge in [-0.15, -0.1) is 0 Å². The Kier molecular flexibility index (Phi) is 9.21. The van der Waals surface area contributed by atoms with E-state index in [9.17, 15) is 0 Å². The summed E-state index contributed by atoms with van der Waals surface area (Å²) in [4.78, 5) is 5.45. The number of aromatic nitrogens is 1. The average Bonchev–Trinajstić information content (AvgIpc) is 3.16. The fourth-order valence-corrected chi connectivity index (χ4v) is 15.4. The van der Waals surface area contributed by atoms with Crippen LogP contribution in [0.15, 0.2) is 194 Å². The highest BCUT2D eigenvalue weighted by molar-refractivity contribution is 7.95. The lowest BCUT2D eigenvalue weighted by molar-refractivity contribution is 1.06. The highest BCUT2D eigenvalue weighted by atomic mass is 31.2. The van der Waals surface area contributed by atoms with Crippen molar-refractivity contribution in [3.8, 4) is 0 Å². The molecule has 47 heavy (non-hydrogen) atoms. The summed E-state index contributed by atoms with van der Waals surface area (Å²) >= 11 is 0. The summed E-state index contributed by atoms with van der Waals surface area (Å²) in [7, 11) is -4.08. The summed E-state index contributed by atoms with van der Waals surface area (Å²) in [5.41, 5.74) is 3.56. The molecule has 6 aromatic carbocycles. The van der Waals surface area contributed by atoms with Crippen molar-refractivity contribution in [2.24, 2.45) is 0 Å². The van der Waals surface area contributed by atoms with Crippen LogP contribution in [-0.2, 0) is 12.3 Å². The lowest BCUT2D eigenvalue weighted by Gasteiger charge is -2.29. The number of nitrogens with zero attached hydrogens (tertiary/aromatic N) is 1. The van der Waals surface area contributed by atoms with Gasteiger partial charge in [-0.3, -0.25) is 4.98 Å². The second kappa shape index (κ2) is 14.0. The van der Waals surface area contributed by atoms with Gasteiger partial charge in [0.2, 0.25) is 0 Å². The Bertz CT molecular complexity index is 1820. The van der Waals surface area contributed by atoms with Crippen molar-refractivity contribution in [1.29, 1.82) is 0 Å². The molecule has 0 unspecified atom stereocenters. The summed E-state index contributed by atoms with van der Waals surface area (Å²) in [6, 6.07) is 71.4. The summed E-state index contributed by atoms with van der Waals surface area (Å²) in [5.74, 6) is 0. The zero-order valence-corrected chi connectivity index (χ0v) is 28.5. The molecule has 1 heterocycles. The summed E-state index contributed by atoms with van der Waals surface area (Å²) in [5, 5.41) is 8.31. The minimum absolute atomic E-state index is 0.864. The van der Waals surface area contributed by atoms with Crippen LogP contribution in [0.25, 0.3) is 0 Å². The molecule has 0 spiro atoms. The first-order valence-corrected chi connectivity index (χ1v) is 20.2. The van der Waals surface area contributed by atoms with Gasteiger partial charge in [0, 0.05) is 11.3 Å². The molecule has 0 N–H and O–H groups in total. The Morgan fingerprint density at radius 2 is 0.617 bits per heavy atom. The summed E-state index contributed by atoms with van der Waals surface area (Å²) < 4.78 is 0. The smallest absolute Gasteiger partial charge is 0.118 e. The third-order valence-corrected chi connectivity index (χ3v) is 17.9. The topological polar surface area (TPSA) is 12.9 Å². The minimum Gasteiger partial charge on any atom is -0.254 e. The number of rotatable bonds is 10. The fourth-order valence-electron chi connectivity index (χ4n) is 6.93. The number of hydrogen-bond donors (Lipinski definition) is 0. The van der Waals surface area contributed by atoms with Crippen molar-refractivity contribution < 1.29 is 0 Å². The molecule has 0 bridgehead atoms. The molecule has 0 fully saturated rings. The molecule has 0 aliphatic rings. The van der Waals surface area contributed by atoms with Crippen LogP contribution >= 0.6 is 14.5 Å². The van der Waals surface area contributed by atoms with E-state index in [0.717, 1.165) is 23.7 Å². The second-order valence-corrected chi connectivity index (χ2v) is 19.0. The van der Waals surface area contributed by atoms with Crippen LogP contribution in [0.4, 0.5) is 0 Å². The number of aryl methyl sites for hydroxylation is 1. The van der Waals surface area contributed by atoms with E-state index in [1.165, 1.54) is 37.4 Å². The highest BCUT2D eigenvalue weighted by Gasteiger charge is 2.47. The molecule has 0 saturated heterocycles. The third-order valence-electron chi connectivity index (χ3n) is 9.24. The van der Waals surface area contributed by atoms with Crippen molar-refractivity contribution in [3.63, 3.8) is 0 Å². The summed E-state index contributed by atoms with van der Waals surface area (Å²) in [6.45, 7) is 2.21. The first-order valence-electron chi connectivity index (χ1n) is 16.3. The van der Waals surface area contributed by atoms with E-state index in [0.29, 0.717) is 0 Å². The molecule has 0 aliphatic heterocycles. The molecule has 0 saturated carbocycles. The zero-order valence-electron chi connectivity index (χ0n) is 26.7. The monoisotopic (exact) mass is 643 g/mol. The van der Waals surface area contributed by atoms with Crippen molar-refractivity contribution in [2.45, 2.75) is 19.2 Å². The summed E-state index contributed by atoms with van der Waals surface area (Å²) in [6.07, 6.45) is 1.78. The predicted molar refractivity (Wildman–Crippen MR) is 207 cm³/mol. The molecule has 1 nitrogen and oxygen atoms in total. The van der Waals surface area contributed by atoms with Gasteiger partial charge in [-0.1, -0.05) is 115 Å². The van der Waals surface area contributed by atoms with Crippen molar-refractivity contribution in [3.05, 3.63) is 211 Å². The van der Waals surface area contributed by atoms with Crippen molar-refractivity contribution in [2.75, 3.05) is 0 Å². The standard InChI is InChI=1S/C44H39NP2/c1-36-37(34-46(39-20-8-2-9-21-39,40-22-10-3-11-23-40)41-24-12-4-13-25-41)32-33-38(45-36)35-47(42-26-14-5-15-27-42,43-28-16-6-17-29-43)44-30-18-7-19-31-44/h2-33H,34-35H2,1H3/q+2. The molecule has 0 aliphatic carbocycles. The van der Waals surface area contributed by atoms with E-state index in [-0.39, 0.29) is 0 Å². The quantitative estimate of drug-likeness (QED) is 0.137. The van der Waals surface area contributed by atoms with Crippen molar-refractivity contribution in [1.82, 2.24) is 4.98 Å². The molecule has 228 valence electrons. The van der Waals surface area contributed by atoms with Gasteiger partial charge in [0.05, 0.1) is 5.69 Å². The molecule has 0 radical (unpaired) electrons. The van der Waals surface area contributed by atoms with Crippen molar-refractivity contribution >= 4 is 46.4 Å². The van der Waals surface area contributed by atoms with Crippen LogP contribution in [0.2, 0.25) is 0 Å². The molecular weight excluding hydrogens is 604 g/mol. The van der Waals surface area contributed by atoms with E-state index in [2.05, 4.69) is 201 Å². The highest BCUT2D eigenvalue weighted by Crippen LogP contribution is 2.59. The largest absolute Gasteiger partial charge is 0.254 e. The van der Waals surface area contributed by atoms with Gasteiger partial charge in [0.25, 0.3) is 0 Å². The number of benzene rings is 6. The Morgan fingerprint density at radius 3 is 0.894 bits per heavy atom. The van der Waals surface area contributed by atoms with E-state index in [1.54, 1.807) is 0 Å². The van der Waals surface area contributed by atoms with Crippen LogP contribution in [-0.4, -0.2) is 4.98 Å². The lowest BCUT2D eigenvalue weighted by Crippen LogP contribution is -2.33. The van der Waals surface area contributed by atoms with Gasteiger partial charge in [0.15, 0.2) is 0 Å². The first kappa shape index (κ1) is 31.0. The maximum Gasteiger partial charge on any atom is 0.118 e. The van der Waals surface area contributed by atoms with Crippen LogP contribution in [0.5, 0.6) is 0 Å². The Balaban J connectivity index is 1.36. The second-order valence-electron chi connectivity index (χ2n) is 12.0. The molecule has 0 atom stereocenters. The van der Waals surface area contributed by atoms with Crippen LogP contribution in [0.3, 0.4) is 0 Å². The van der Waals surface area contributed by atoms with Crippen LogP contribution in [0, 0.1) is 6.92 Å². The van der Waals surface area contributed by atoms with Crippen LogP contribution in [0.1, 0.15) is 17.0 Å². The lowest BCUT2D eigenvalue weighted by atomic mass is 10.2. The number of pyridine rings is 1. The van der Waals surface area contributed by atoms with E-state index < -0.39 is 14.5 Å². The molecule has 7 aromatic rings. The minimum atomic E-state index is -2.05. The van der Waals surface area contributed by atoms with Gasteiger partial charge in [-0.25, -0.2) is 0 Å². The van der Waals surface area contributed by atoms with Gasteiger partial charge in [0.1, 0.15) is 58.7 Å². The first-order chi connectivity index (χ1) is 23.2. The third kappa shape index (κ3) is 6.11. The number of hydrogen-bond acceptors (Lipinski definition) is 1. The van der Waals surface area contributed by atoms with Gasteiger partial charge in [-0.2, -0.15) is 0 Å². The average molecular weight is 644 g/mol. The Labute approximate surface area is 280 Å². The normalized spacial score (nSPS) is 11.7. The fraction of sp³-hybridized carbons (Fsp3) is 0.0682. The molecule has 7 rings (SSSR count). The van der Waals surface area contributed by atoms with Gasteiger partial charge in [-0.05, 0) is 85.8 Å². The van der Waals surface area contributed by atoms with Gasteiger partial charge < -0.3 is 0 Å². The van der Waals surface area contributed by atoms with E-state index in [4.69, 9.17) is 4.98 Å². The Morgan fingerprint density at radius 1 is 0.340 bits per heavy atom. The van der Waals surface area contributed by atoms with Crippen LogP contribution < -0.4 is 31.8 Å². The molecule has 3 heteroatoms. The van der Waals surface area contributed by atoms with Gasteiger partial charge >= 0.3 is 0 Å². The molecule has 1 aromatic heterocycles. The Hall–Kier alpha value is -4.67. The molecular formula is C44H39NP2+2. The SMILES string of the molecule is Cc1nc(C[P+](c2ccccc2)(c2ccccc2)c2ccccc2)ccc1C[P+](c1ccccc1)(c1ccccc1)c1ccccc1. The molecule has 0 amide bonds. The van der Waals surface area contributed by atoms with E-state index in [1.807, 2.05) is 0 Å².